The highest BCUT2D eigenvalue weighted by atomic mass is 35.5. The molecule has 0 bridgehead atoms. The fourth-order valence-corrected chi connectivity index (χ4v) is 4.32. The van der Waals surface area contributed by atoms with Crippen molar-refractivity contribution in [3.05, 3.63) is 95.8 Å². The molecular weight excluding hydrogens is 477 g/mol. The van der Waals surface area contributed by atoms with Crippen LogP contribution in [0.5, 0.6) is 0 Å². The number of carbonyl (C=O) groups is 1. The number of pyridine rings is 1. The molecule has 0 aliphatic heterocycles. The van der Waals surface area contributed by atoms with Crippen LogP contribution in [0.25, 0.3) is 17.1 Å². The van der Waals surface area contributed by atoms with Gasteiger partial charge in [0.1, 0.15) is 0 Å². The number of carbonyl (C=O) groups excluding carboxylic acids is 1. The summed E-state index contributed by atoms with van der Waals surface area (Å²) in [6, 6.07) is 18.5. The molecule has 33 heavy (non-hydrogen) atoms. The minimum Gasteiger partial charge on any atom is -0.308 e. The highest BCUT2D eigenvalue weighted by molar-refractivity contribution is 7.99. The van der Waals surface area contributed by atoms with Crippen LogP contribution in [-0.4, -0.2) is 38.0 Å². The van der Waals surface area contributed by atoms with Gasteiger partial charge in [0.05, 0.1) is 21.5 Å². The number of hydrogen-bond acceptors (Lipinski definition) is 5. The van der Waals surface area contributed by atoms with Gasteiger partial charge in [0.15, 0.2) is 11.0 Å². The third-order valence-corrected chi connectivity index (χ3v) is 6.37. The number of amides is 1. The van der Waals surface area contributed by atoms with E-state index < -0.39 is 0 Å². The van der Waals surface area contributed by atoms with Crippen molar-refractivity contribution in [2.24, 2.45) is 0 Å². The monoisotopic (exact) mass is 495 g/mol. The average molecular weight is 496 g/mol. The van der Waals surface area contributed by atoms with Crippen LogP contribution in [0.15, 0.2) is 90.9 Å². The zero-order valence-corrected chi connectivity index (χ0v) is 19.8. The summed E-state index contributed by atoms with van der Waals surface area (Å²) in [5.41, 5.74) is 2.33. The minimum atomic E-state index is -0.0716. The van der Waals surface area contributed by atoms with Crippen molar-refractivity contribution in [1.82, 2.24) is 19.7 Å². The molecule has 2 aromatic heterocycles. The maximum atomic E-state index is 13.1. The smallest absolute Gasteiger partial charge is 0.237 e. The fourth-order valence-electron chi connectivity index (χ4n) is 3.19. The highest BCUT2D eigenvalue weighted by Crippen LogP contribution is 2.31. The van der Waals surface area contributed by atoms with E-state index in [1.165, 1.54) is 11.8 Å². The molecule has 4 rings (SSSR count). The summed E-state index contributed by atoms with van der Waals surface area (Å²) in [5.74, 6) is 0.676. The SMILES string of the molecule is C=CCN(C(=O)CSc1nnc(-c2cccnc2)n1-c1ccc(Cl)c(Cl)c1)c1ccccc1. The van der Waals surface area contributed by atoms with Gasteiger partial charge in [-0.05, 0) is 42.5 Å². The van der Waals surface area contributed by atoms with Gasteiger partial charge in [0.25, 0.3) is 0 Å². The summed E-state index contributed by atoms with van der Waals surface area (Å²) in [6.45, 7) is 4.18. The van der Waals surface area contributed by atoms with Crippen molar-refractivity contribution in [3.63, 3.8) is 0 Å². The standard InChI is InChI=1S/C24H19Cl2N5OS/c1-2-13-30(18-8-4-3-5-9-18)22(32)16-33-24-29-28-23(17-7-6-12-27-15-17)31(24)19-10-11-20(25)21(26)14-19/h2-12,14-15H,1,13,16H2. The number of anilines is 1. The minimum absolute atomic E-state index is 0.0716. The Morgan fingerprint density at radius 1 is 1.06 bits per heavy atom. The molecule has 0 aliphatic carbocycles. The van der Waals surface area contributed by atoms with Gasteiger partial charge in [-0.3, -0.25) is 14.3 Å². The quantitative estimate of drug-likeness (QED) is 0.223. The molecule has 4 aromatic rings. The van der Waals surface area contributed by atoms with E-state index in [9.17, 15) is 4.79 Å². The molecule has 0 unspecified atom stereocenters. The van der Waals surface area contributed by atoms with E-state index in [1.54, 1.807) is 35.5 Å². The average Bonchev–Trinajstić information content (AvgIpc) is 3.28. The van der Waals surface area contributed by atoms with Crippen LogP contribution >= 0.6 is 35.0 Å². The number of thioether (sulfide) groups is 1. The lowest BCUT2D eigenvalue weighted by Gasteiger charge is -2.21. The molecule has 0 saturated carbocycles. The lowest BCUT2D eigenvalue weighted by molar-refractivity contribution is -0.116. The van der Waals surface area contributed by atoms with Gasteiger partial charge < -0.3 is 4.90 Å². The Hall–Kier alpha value is -3.13. The Bertz CT molecular complexity index is 1260. The maximum Gasteiger partial charge on any atom is 0.237 e. The molecule has 0 fully saturated rings. The Morgan fingerprint density at radius 3 is 2.58 bits per heavy atom. The largest absolute Gasteiger partial charge is 0.308 e. The van der Waals surface area contributed by atoms with Crippen LogP contribution in [0.2, 0.25) is 10.0 Å². The van der Waals surface area contributed by atoms with Crippen molar-refractivity contribution < 1.29 is 4.79 Å². The normalized spacial score (nSPS) is 10.7. The second-order valence-electron chi connectivity index (χ2n) is 6.90. The summed E-state index contributed by atoms with van der Waals surface area (Å²) in [6.07, 6.45) is 5.10. The summed E-state index contributed by atoms with van der Waals surface area (Å²) < 4.78 is 1.84. The summed E-state index contributed by atoms with van der Waals surface area (Å²) >= 11 is 13.7. The lowest BCUT2D eigenvalue weighted by Crippen LogP contribution is -2.32. The van der Waals surface area contributed by atoms with Crippen molar-refractivity contribution in [3.8, 4) is 17.1 Å². The molecule has 2 heterocycles. The van der Waals surface area contributed by atoms with Crippen LogP contribution in [0, 0.1) is 0 Å². The van der Waals surface area contributed by atoms with E-state index >= 15 is 0 Å². The Balaban J connectivity index is 1.66. The van der Waals surface area contributed by atoms with Crippen molar-refractivity contribution in [2.75, 3.05) is 17.2 Å². The number of halogens is 2. The number of nitrogens with zero attached hydrogens (tertiary/aromatic N) is 5. The van der Waals surface area contributed by atoms with Gasteiger partial charge in [-0.1, -0.05) is 59.2 Å². The second kappa shape index (κ2) is 10.7. The lowest BCUT2D eigenvalue weighted by atomic mass is 10.2. The second-order valence-corrected chi connectivity index (χ2v) is 8.66. The molecule has 0 aliphatic rings. The van der Waals surface area contributed by atoms with Crippen LogP contribution in [0.3, 0.4) is 0 Å². The van der Waals surface area contributed by atoms with E-state index in [4.69, 9.17) is 23.2 Å². The maximum absolute atomic E-state index is 13.1. The van der Waals surface area contributed by atoms with Crippen molar-refractivity contribution in [1.29, 1.82) is 0 Å². The first-order chi connectivity index (χ1) is 16.1. The molecule has 0 radical (unpaired) electrons. The van der Waals surface area contributed by atoms with Gasteiger partial charge >= 0.3 is 0 Å². The number of hydrogen-bond donors (Lipinski definition) is 0. The van der Waals surface area contributed by atoms with Crippen LogP contribution in [0.4, 0.5) is 5.69 Å². The van der Waals surface area contributed by atoms with Gasteiger partial charge in [0, 0.05) is 30.2 Å². The zero-order chi connectivity index (χ0) is 23.2. The molecule has 0 N–H and O–H groups in total. The Labute approximate surface area is 205 Å². The molecule has 166 valence electrons. The molecule has 1 amide bonds. The first-order valence-corrected chi connectivity index (χ1v) is 11.7. The molecule has 2 aromatic carbocycles. The van der Waals surface area contributed by atoms with E-state index in [0.717, 1.165) is 16.9 Å². The summed E-state index contributed by atoms with van der Waals surface area (Å²) in [4.78, 5) is 18.9. The first kappa shape index (κ1) is 23.0. The zero-order valence-electron chi connectivity index (χ0n) is 17.4. The van der Waals surface area contributed by atoms with Crippen molar-refractivity contribution >= 4 is 46.6 Å². The molecule has 6 nitrogen and oxygen atoms in total. The van der Waals surface area contributed by atoms with Crippen molar-refractivity contribution in [2.45, 2.75) is 5.16 Å². The molecule has 9 heteroatoms. The predicted molar refractivity (Wildman–Crippen MR) is 134 cm³/mol. The Kier molecular flexibility index (Phi) is 7.44. The molecule has 0 atom stereocenters. The van der Waals surface area contributed by atoms with E-state index in [1.807, 2.05) is 53.1 Å². The van der Waals surface area contributed by atoms with E-state index in [-0.39, 0.29) is 11.7 Å². The third-order valence-electron chi connectivity index (χ3n) is 4.72. The summed E-state index contributed by atoms with van der Waals surface area (Å²) in [7, 11) is 0. The predicted octanol–water partition coefficient (Wildman–Crippen LogP) is 5.95. The number of para-hydroxylation sites is 1. The third kappa shape index (κ3) is 5.27. The van der Waals surface area contributed by atoms with Crippen LogP contribution < -0.4 is 4.90 Å². The van der Waals surface area contributed by atoms with Crippen LogP contribution in [0.1, 0.15) is 0 Å². The van der Waals surface area contributed by atoms with Crippen LogP contribution in [-0.2, 0) is 4.79 Å². The summed E-state index contributed by atoms with van der Waals surface area (Å²) in [5, 5.41) is 10.1. The van der Waals surface area contributed by atoms with Gasteiger partial charge in [0.2, 0.25) is 5.91 Å². The number of rotatable bonds is 8. The topological polar surface area (TPSA) is 63.9 Å². The molecule has 0 spiro atoms. The fraction of sp³-hybridized carbons (Fsp3) is 0.0833. The first-order valence-electron chi connectivity index (χ1n) is 9.99. The molecular formula is C24H19Cl2N5OS. The Morgan fingerprint density at radius 2 is 1.88 bits per heavy atom. The van der Waals surface area contributed by atoms with E-state index in [2.05, 4.69) is 21.8 Å². The number of aromatic nitrogens is 4. The highest BCUT2D eigenvalue weighted by Gasteiger charge is 2.20. The van der Waals surface area contributed by atoms with Gasteiger partial charge in [-0.2, -0.15) is 0 Å². The van der Waals surface area contributed by atoms with Gasteiger partial charge in [-0.25, -0.2) is 0 Å². The van der Waals surface area contributed by atoms with E-state index in [0.29, 0.717) is 27.6 Å². The van der Waals surface area contributed by atoms with Gasteiger partial charge in [-0.15, -0.1) is 16.8 Å². The molecule has 0 saturated heterocycles. The number of benzene rings is 2.